The number of rotatable bonds is 3. The van der Waals surface area contributed by atoms with Gasteiger partial charge >= 0.3 is 0 Å². The van der Waals surface area contributed by atoms with Crippen LogP contribution >= 0.6 is 0 Å². The van der Waals surface area contributed by atoms with E-state index >= 15 is 0 Å². The lowest BCUT2D eigenvalue weighted by atomic mass is 10.4. The summed E-state index contributed by atoms with van der Waals surface area (Å²) in [6.45, 7) is -0.177. The Bertz CT molecular complexity index is 369. The molecule has 0 aromatic carbocycles. The fourth-order valence-corrected chi connectivity index (χ4v) is 1.07. The molecule has 0 saturated heterocycles. The second-order valence-electron chi connectivity index (χ2n) is 2.92. The summed E-state index contributed by atoms with van der Waals surface area (Å²) in [4.78, 5) is 21.8. The maximum atomic E-state index is 11.4. The standard InChI is InChI=1S/C8H12N4O2/c1-12-4-5(9)2-6(12)8(14)11-3-7(10)13/h2,4H,3,9H2,1H3,(H2,10,13)(H,11,14). The molecule has 5 N–H and O–H groups in total. The van der Waals surface area contributed by atoms with Crippen LogP contribution in [0.2, 0.25) is 0 Å². The van der Waals surface area contributed by atoms with E-state index in [1.807, 2.05) is 0 Å². The summed E-state index contributed by atoms with van der Waals surface area (Å²) in [5.74, 6) is -0.955. The lowest BCUT2D eigenvalue weighted by Crippen LogP contribution is -2.34. The number of aryl methyl sites for hydroxylation is 1. The molecule has 0 atom stereocenters. The van der Waals surface area contributed by atoms with Gasteiger partial charge in [0.05, 0.1) is 12.2 Å². The van der Waals surface area contributed by atoms with Gasteiger partial charge in [-0.3, -0.25) is 9.59 Å². The maximum Gasteiger partial charge on any atom is 0.268 e. The van der Waals surface area contributed by atoms with Crippen molar-refractivity contribution < 1.29 is 9.59 Å². The van der Waals surface area contributed by atoms with E-state index in [0.717, 1.165) is 0 Å². The molecule has 2 amide bonds. The number of carbonyl (C=O) groups is 2. The third kappa shape index (κ3) is 2.25. The molecule has 0 unspecified atom stereocenters. The molecule has 1 heterocycles. The molecule has 0 aliphatic rings. The van der Waals surface area contributed by atoms with Crippen LogP contribution in [0.5, 0.6) is 0 Å². The van der Waals surface area contributed by atoms with Crippen molar-refractivity contribution in [2.45, 2.75) is 0 Å². The largest absolute Gasteiger partial charge is 0.397 e. The Morgan fingerprint density at radius 3 is 2.64 bits per heavy atom. The summed E-state index contributed by atoms with van der Waals surface area (Å²) in [6.07, 6.45) is 1.61. The third-order valence-corrected chi connectivity index (χ3v) is 1.68. The van der Waals surface area contributed by atoms with E-state index in [1.165, 1.54) is 6.07 Å². The van der Waals surface area contributed by atoms with Crippen LogP contribution in [0.1, 0.15) is 10.5 Å². The van der Waals surface area contributed by atoms with Crippen LogP contribution in [0.3, 0.4) is 0 Å². The van der Waals surface area contributed by atoms with Crippen LogP contribution in [0.4, 0.5) is 5.69 Å². The minimum absolute atomic E-state index is 0.177. The Hall–Kier alpha value is -1.98. The molecular weight excluding hydrogens is 184 g/mol. The molecule has 1 aromatic heterocycles. The van der Waals surface area contributed by atoms with Gasteiger partial charge in [0.1, 0.15) is 5.69 Å². The van der Waals surface area contributed by atoms with Crippen molar-refractivity contribution in [3.8, 4) is 0 Å². The second-order valence-corrected chi connectivity index (χ2v) is 2.92. The van der Waals surface area contributed by atoms with E-state index in [9.17, 15) is 9.59 Å². The molecule has 0 aliphatic heterocycles. The van der Waals surface area contributed by atoms with Crippen molar-refractivity contribution in [2.24, 2.45) is 12.8 Å². The van der Waals surface area contributed by atoms with Crippen LogP contribution in [0.15, 0.2) is 12.3 Å². The summed E-state index contributed by atoms with van der Waals surface area (Å²) in [7, 11) is 1.69. The van der Waals surface area contributed by atoms with Crippen molar-refractivity contribution in [1.29, 1.82) is 0 Å². The SMILES string of the molecule is Cn1cc(N)cc1C(=O)NCC(N)=O. The molecular formula is C8H12N4O2. The molecule has 0 bridgehead atoms. The zero-order chi connectivity index (χ0) is 10.7. The molecule has 1 rings (SSSR count). The number of nitrogens with two attached hydrogens (primary N) is 2. The normalized spacial score (nSPS) is 9.79. The topological polar surface area (TPSA) is 103 Å². The number of nitrogen functional groups attached to an aromatic ring is 1. The van der Waals surface area contributed by atoms with Crippen LogP contribution in [0.25, 0.3) is 0 Å². The monoisotopic (exact) mass is 196 g/mol. The number of nitrogens with one attached hydrogen (secondary N) is 1. The Labute approximate surface area is 80.9 Å². The molecule has 6 heteroatoms. The van der Waals surface area contributed by atoms with Gasteiger partial charge in [-0.2, -0.15) is 0 Å². The lowest BCUT2D eigenvalue weighted by molar-refractivity contribution is -0.117. The number of hydrogen-bond acceptors (Lipinski definition) is 3. The Balaban J connectivity index is 2.69. The first-order chi connectivity index (χ1) is 6.50. The average molecular weight is 196 g/mol. The lowest BCUT2D eigenvalue weighted by Gasteiger charge is -2.02. The van der Waals surface area contributed by atoms with Gasteiger partial charge < -0.3 is 21.4 Å². The van der Waals surface area contributed by atoms with E-state index in [1.54, 1.807) is 17.8 Å². The van der Waals surface area contributed by atoms with E-state index in [-0.39, 0.29) is 12.5 Å². The minimum Gasteiger partial charge on any atom is -0.397 e. The third-order valence-electron chi connectivity index (χ3n) is 1.68. The fourth-order valence-electron chi connectivity index (χ4n) is 1.07. The highest BCUT2D eigenvalue weighted by Crippen LogP contribution is 2.07. The van der Waals surface area contributed by atoms with E-state index in [0.29, 0.717) is 11.4 Å². The van der Waals surface area contributed by atoms with Crippen molar-refractivity contribution in [1.82, 2.24) is 9.88 Å². The number of amides is 2. The molecule has 0 spiro atoms. The molecule has 0 aliphatic carbocycles. The highest BCUT2D eigenvalue weighted by Gasteiger charge is 2.10. The van der Waals surface area contributed by atoms with Crippen molar-refractivity contribution in [3.63, 3.8) is 0 Å². The quantitative estimate of drug-likeness (QED) is 0.567. The highest BCUT2D eigenvalue weighted by molar-refractivity contribution is 5.95. The maximum absolute atomic E-state index is 11.4. The number of carbonyl (C=O) groups excluding carboxylic acids is 2. The Kier molecular flexibility index (Phi) is 2.76. The molecule has 14 heavy (non-hydrogen) atoms. The van der Waals surface area contributed by atoms with Gasteiger partial charge in [-0.1, -0.05) is 0 Å². The second kappa shape index (κ2) is 3.82. The van der Waals surface area contributed by atoms with Gasteiger partial charge in [-0.15, -0.1) is 0 Å². The van der Waals surface area contributed by atoms with Crippen LogP contribution in [0, 0.1) is 0 Å². The molecule has 6 nitrogen and oxygen atoms in total. The summed E-state index contributed by atoms with van der Waals surface area (Å²) in [5, 5.41) is 2.36. The van der Waals surface area contributed by atoms with Gasteiger partial charge in [0, 0.05) is 13.2 Å². The van der Waals surface area contributed by atoms with E-state index < -0.39 is 5.91 Å². The van der Waals surface area contributed by atoms with Crippen LogP contribution in [-0.2, 0) is 11.8 Å². The van der Waals surface area contributed by atoms with Gasteiger partial charge in [0.2, 0.25) is 5.91 Å². The first-order valence-electron chi connectivity index (χ1n) is 3.99. The molecule has 1 aromatic rings. The fraction of sp³-hybridized carbons (Fsp3) is 0.250. The Morgan fingerprint density at radius 2 is 2.21 bits per heavy atom. The number of hydrogen-bond donors (Lipinski definition) is 3. The van der Waals surface area contributed by atoms with Gasteiger partial charge in [-0.25, -0.2) is 0 Å². The van der Waals surface area contributed by atoms with Crippen LogP contribution < -0.4 is 16.8 Å². The summed E-state index contributed by atoms with van der Waals surface area (Å²) < 4.78 is 1.58. The molecule has 76 valence electrons. The summed E-state index contributed by atoms with van der Waals surface area (Å²) >= 11 is 0. The van der Waals surface area contributed by atoms with Crippen molar-refractivity contribution in [3.05, 3.63) is 18.0 Å². The summed E-state index contributed by atoms with van der Waals surface area (Å²) in [5.41, 5.74) is 11.2. The van der Waals surface area contributed by atoms with Gasteiger partial charge in [0.15, 0.2) is 0 Å². The first kappa shape index (κ1) is 10.1. The number of anilines is 1. The minimum atomic E-state index is -0.583. The van der Waals surface area contributed by atoms with Gasteiger partial charge in [0.25, 0.3) is 5.91 Å². The predicted octanol–water partition coefficient (Wildman–Crippen LogP) is -1.18. The van der Waals surface area contributed by atoms with Gasteiger partial charge in [-0.05, 0) is 6.07 Å². The zero-order valence-corrected chi connectivity index (χ0v) is 7.78. The Morgan fingerprint density at radius 1 is 1.57 bits per heavy atom. The zero-order valence-electron chi connectivity index (χ0n) is 7.78. The molecule has 0 fully saturated rings. The molecule has 0 saturated carbocycles. The van der Waals surface area contributed by atoms with Crippen molar-refractivity contribution in [2.75, 3.05) is 12.3 Å². The number of primary amides is 1. The number of nitrogens with zero attached hydrogens (tertiary/aromatic N) is 1. The van der Waals surface area contributed by atoms with Crippen LogP contribution in [-0.4, -0.2) is 22.9 Å². The average Bonchev–Trinajstić information content (AvgIpc) is 2.41. The first-order valence-corrected chi connectivity index (χ1v) is 3.99. The smallest absolute Gasteiger partial charge is 0.268 e. The predicted molar refractivity (Wildman–Crippen MR) is 51.4 cm³/mol. The van der Waals surface area contributed by atoms with Crippen molar-refractivity contribution >= 4 is 17.5 Å². The summed E-state index contributed by atoms with van der Waals surface area (Å²) in [6, 6.07) is 1.52. The number of aromatic nitrogens is 1. The van der Waals surface area contributed by atoms with E-state index in [4.69, 9.17) is 11.5 Å². The molecule has 0 radical (unpaired) electrons. The highest BCUT2D eigenvalue weighted by atomic mass is 16.2. The van der Waals surface area contributed by atoms with E-state index in [2.05, 4.69) is 5.32 Å².